The number of fused-ring (bicyclic) bond motifs is 8. The predicted molar refractivity (Wildman–Crippen MR) is 188 cm³/mol. The van der Waals surface area contributed by atoms with Gasteiger partial charge in [0.25, 0.3) is 0 Å². The molecule has 0 atom stereocenters. The number of hydrogen-bond donors (Lipinski definition) is 0. The molecule has 0 spiro atoms. The molecule has 0 saturated carbocycles. The summed E-state index contributed by atoms with van der Waals surface area (Å²) in [6, 6.07) is 47.5. The Labute approximate surface area is 261 Å². The van der Waals surface area contributed by atoms with Crippen LogP contribution in [0, 0.1) is 0 Å². The highest BCUT2D eigenvalue weighted by Crippen LogP contribution is 2.58. The SMILES string of the molecule is CC1(C)c2ccccc2-c2c(N(c3ccccc3)c3ccc4c(c3)C(C)(C)C(C)(C)c3ccccc3-4)cc3ccccc3c21. The molecule has 0 N–H and O–H groups in total. The van der Waals surface area contributed by atoms with E-state index < -0.39 is 0 Å². The zero-order valence-electron chi connectivity index (χ0n) is 26.6. The summed E-state index contributed by atoms with van der Waals surface area (Å²) >= 11 is 0. The van der Waals surface area contributed by atoms with Crippen LogP contribution in [0.25, 0.3) is 33.0 Å². The van der Waals surface area contributed by atoms with E-state index in [-0.39, 0.29) is 16.2 Å². The van der Waals surface area contributed by atoms with Crippen molar-refractivity contribution in [1.82, 2.24) is 0 Å². The van der Waals surface area contributed by atoms with Crippen LogP contribution >= 0.6 is 0 Å². The molecule has 0 radical (unpaired) electrons. The summed E-state index contributed by atoms with van der Waals surface area (Å²) in [7, 11) is 0. The molecule has 2 aliphatic carbocycles. The first-order chi connectivity index (χ1) is 21.1. The van der Waals surface area contributed by atoms with Crippen LogP contribution in [0.4, 0.5) is 17.1 Å². The number of para-hydroxylation sites is 1. The molecule has 0 amide bonds. The summed E-state index contributed by atoms with van der Waals surface area (Å²) < 4.78 is 0. The minimum atomic E-state index is -0.116. The van der Waals surface area contributed by atoms with E-state index in [0.29, 0.717) is 0 Å². The van der Waals surface area contributed by atoms with Crippen LogP contribution in [-0.2, 0) is 16.2 Å². The largest absolute Gasteiger partial charge is 0.310 e. The Hall–Kier alpha value is -4.62. The van der Waals surface area contributed by atoms with Crippen LogP contribution in [0.5, 0.6) is 0 Å². The lowest BCUT2D eigenvalue weighted by molar-refractivity contribution is 0.299. The Bertz CT molecular complexity index is 2090. The molecule has 0 fully saturated rings. The van der Waals surface area contributed by atoms with Crippen molar-refractivity contribution in [2.45, 2.75) is 57.8 Å². The van der Waals surface area contributed by atoms with Gasteiger partial charge in [0, 0.05) is 22.4 Å². The Kier molecular flexibility index (Phi) is 5.63. The second-order valence-electron chi connectivity index (χ2n) is 14.2. The lowest BCUT2D eigenvalue weighted by Gasteiger charge is -2.48. The number of anilines is 3. The highest BCUT2D eigenvalue weighted by molar-refractivity contribution is 6.06. The van der Waals surface area contributed by atoms with Crippen LogP contribution in [0.15, 0.2) is 127 Å². The van der Waals surface area contributed by atoms with Crippen molar-refractivity contribution in [3.05, 3.63) is 150 Å². The van der Waals surface area contributed by atoms with E-state index in [1.165, 1.54) is 72.3 Å². The lowest BCUT2D eigenvalue weighted by atomic mass is 9.55. The second-order valence-corrected chi connectivity index (χ2v) is 14.2. The molecule has 1 nitrogen and oxygen atoms in total. The van der Waals surface area contributed by atoms with Gasteiger partial charge in [-0.25, -0.2) is 0 Å². The standard InChI is InChI=1S/C43H39N/c1-41(2)35-22-14-13-21-34(35)39-38(26-28-16-10-11-19-31(28)40(39)41)44(29-17-8-7-9-18-29)30-24-25-33-32-20-12-15-23-36(32)42(3,4)43(5,6)37(33)27-30/h7-27H,1-6H3. The van der Waals surface area contributed by atoms with Gasteiger partial charge in [-0.3, -0.25) is 0 Å². The summed E-state index contributed by atoms with van der Waals surface area (Å²) in [6.45, 7) is 14.4. The first kappa shape index (κ1) is 27.0. The monoisotopic (exact) mass is 569 g/mol. The molecular weight excluding hydrogens is 530 g/mol. The summed E-state index contributed by atoms with van der Waals surface area (Å²) in [5.41, 5.74) is 14.4. The first-order valence-electron chi connectivity index (χ1n) is 15.9. The molecule has 0 aromatic heterocycles. The van der Waals surface area contributed by atoms with Gasteiger partial charge in [0.1, 0.15) is 0 Å². The van der Waals surface area contributed by atoms with Crippen LogP contribution in [-0.4, -0.2) is 0 Å². The molecule has 6 aromatic carbocycles. The third kappa shape index (κ3) is 3.53. The molecule has 1 heteroatoms. The molecule has 44 heavy (non-hydrogen) atoms. The number of rotatable bonds is 3. The second kappa shape index (κ2) is 9.19. The number of hydrogen-bond acceptors (Lipinski definition) is 1. The van der Waals surface area contributed by atoms with E-state index >= 15 is 0 Å². The van der Waals surface area contributed by atoms with E-state index in [9.17, 15) is 0 Å². The summed E-state index contributed by atoms with van der Waals surface area (Å²) in [6.07, 6.45) is 0. The van der Waals surface area contributed by atoms with Crippen molar-refractivity contribution in [2.24, 2.45) is 0 Å². The zero-order chi connectivity index (χ0) is 30.4. The molecule has 0 saturated heterocycles. The fourth-order valence-corrected chi connectivity index (χ4v) is 8.18. The van der Waals surface area contributed by atoms with E-state index in [0.717, 1.165) is 0 Å². The molecule has 6 aromatic rings. The van der Waals surface area contributed by atoms with Gasteiger partial charge in [-0.1, -0.05) is 139 Å². The quantitative estimate of drug-likeness (QED) is 0.205. The van der Waals surface area contributed by atoms with Gasteiger partial charge in [0.15, 0.2) is 0 Å². The Morgan fingerprint density at radius 2 is 1.05 bits per heavy atom. The van der Waals surface area contributed by atoms with Gasteiger partial charge in [-0.2, -0.15) is 0 Å². The summed E-state index contributed by atoms with van der Waals surface area (Å²) in [4.78, 5) is 2.51. The van der Waals surface area contributed by atoms with Crippen LogP contribution in [0.3, 0.4) is 0 Å². The topological polar surface area (TPSA) is 3.24 Å². The smallest absolute Gasteiger partial charge is 0.0549 e. The zero-order valence-corrected chi connectivity index (χ0v) is 26.6. The van der Waals surface area contributed by atoms with Crippen molar-refractivity contribution in [3.63, 3.8) is 0 Å². The van der Waals surface area contributed by atoms with Gasteiger partial charge in [0.2, 0.25) is 0 Å². The summed E-state index contributed by atoms with van der Waals surface area (Å²) in [5, 5.41) is 2.61. The van der Waals surface area contributed by atoms with E-state index in [2.05, 4.69) is 174 Å². The van der Waals surface area contributed by atoms with Gasteiger partial charge < -0.3 is 4.90 Å². The molecular formula is C43H39N. The fourth-order valence-electron chi connectivity index (χ4n) is 8.18. The highest BCUT2D eigenvalue weighted by Gasteiger charge is 2.46. The Balaban J connectivity index is 1.46. The molecule has 2 aliphatic rings. The van der Waals surface area contributed by atoms with Gasteiger partial charge >= 0.3 is 0 Å². The summed E-state index contributed by atoms with van der Waals surface area (Å²) in [5.74, 6) is 0. The van der Waals surface area contributed by atoms with Gasteiger partial charge in [0.05, 0.1) is 5.69 Å². The molecule has 216 valence electrons. The third-order valence-electron chi connectivity index (χ3n) is 11.2. The Morgan fingerprint density at radius 3 is 1.82 bits per heavy atom. The molecule has 8 rings (SSSR count). The maximum absolute atomic E-state index is 2.51. The van der Waals surface area contributed by atoms with Crippen LogP contribution in [0.1, 0.15) is 63.8 Å². The fraction of sp³-hybridized carbons (Fsp3) is 0.209. The van der Waals surface area contributed by atoms with Crippen molar-refractivity contribution >= 4 is 27.8 Å². The molecule has 0 heterocycles. The predicted octanol–water partition coefficient (Wildman–Crippen LogP) is 11.9. The van der Waals surface area contributed by atoms with E-state index in [1.54, 1.807) is 0 Å². The van der Waals surface area contributed by atoms with Gasteiger partial charge in [-0.05, 0) is 90.9 Å². The lowest BCUT2D eigenvalue weighted by Crippen LogP contribution is -2.43. The third-order valence-corrected chi connectivity index (χ3v) is 11.2. The van der Waals surface area contributed by atoms with Crippen molar-refractivity contribution in [2.75, 3.05) is 4.90 Å². The molecule has 0 unspecified atom stereocenters. The van der Waals surface area contributed by atoms with Crippen LogP contribution < -0.4 is 4.90 Å². The van der Waals surface area contributed by atoms with E-state index in [1.807, 2.05) is 0 Å². The normalized spacial score (nSPS) is 16.5. The number of nitrogens with zero attached hydrogens (tertiary/aromatic N) is 1. The highest BCUT2D eigenvalue weighted by atomic mass is 15.1. The van der Waals surface area contributed by atoms with Crippen LogP contribution in [0.2, 0.25) is 0 Å². The van der Waals surface area contributed by atoms with E-state index in [4.69, 9.17) is 0 Å². The minimum Gasteiger partial charge on any atom is -0.310 e. The average molecular weight is 570 g/mol. The molecule has 0 aliphatic heterocycles. The average Bonchev–Trinajstić information content (AvgIpc) is 3.28. The van der Waals surface area contributed by atoms with Crippen molar-refractivity contribution < 1.29 is 0 Å². The maximum atomic E-state index is 2.51. The van der Waals surface area contributed by atoms with Crippen molar-refractivity contribution in [1.29, 1.82) is 0 Å². The van der Waals surface area contributed by atoms with Crippen molar-refractivity contribution in [3.8, 4) is 22.3 Å². The van der Waals surface area contributed by atoms with Gasteiger partial charge in [-0.15, -0.1) is 0 Å². The number of benzene rings is 6. The Morgan fingerprint density at radius 1 is 0.455 bits per heavy atom. The first-order valence-corrected chi connectivity index (χ1v) is 15.9. The minimum absolute atomic E-state index is 0.0278. The maximum Gasteiger partial charge on any atom is 0.0549 e. The molecule has 0 bridgehead atoms.